The number of primary amides is 3. The number of guanidine groups is 1. The van der Waals surface area contributed by atoms with Crippen molar-refractivity contribution in [3.05, 3.63) is 149 Å². The standard InChI is InChI=1S/C46H64N14O12S2.C20H12O5.Na/c47-35(62)15-14-29-40(67)58-32(22-36(48)63)43(70)59-33(45(72)60-18-5-9-34(60)44(71)56-28(8-4-17-52-46(50)51)39(66)53-23-37(49)64)24-74-73-19-16-38(65)54-30(21-26-10-12-27(61)13-11-26)41(68)57-31(42(69)55-29)20-25-6-2-1-3-7-25;21-11-5-7-15-17(9-11)24-18-10-12(22)6-8-16(18)20(15)14-4-2-1-3-13(14)19(23)25-20;/h1-3,6-7,10-13,28-34,61H,4-5,8-9,14-24H2,(H2,47,62)(H2,48,63)(H2,49,64)(H,53,66)(H,54,65)(H,55,69)(H,56,71)(H,57,68)(H,58,67)(H,59,70)(H4,50,51,52);1-10,21-22H;/q;;+1/t28-,29-,30-,31-,32-,33-,34-;;/m0../s1. The van der Waals surface area contributed by atoms with Crippen LogP contribution in [-0.4, -0.2) is 171 Å². The summed E-state index contributed by atoms with van der Waals surface area (Å²) in [4.78, 5) is 165. The van der Waals surface area contributed by atoms with Gasteiger partial charge in [0.2, 0.25) is 65.0 Å². The molecule has 2 saturated heterocycles. The van der Waals surface area contributed by atoms with Crippen molar-refractivity contribution in [2.24, 2.45) is 33.7 Å². The van der Waals surface area contributed by atoms with Gasteiger partial charge in [-0.05, 0) is 85.7 Å². The van der Waals surface area contributed by atoms with E-state index in [1.807, 2.05) is 12.1 Å². The second-order valence-corrected chi connectivity index (χ2v) is 26.0. The van der Waals surface area contributed by atoms with E-state index in [0.29, 0.717) is 51.3 Å². The monoisotopic (exact) mass is 1420 g/mol. The zero-order chi connectivity index (χ0) is 71.5. The summed E-state index contributed by atoms with van der Waals surface area (Å²) in [5, 5.41) is 47.4. The molecule has 20 N–H and O–H groups in total. The van der Waals surface area contributed by atoms with Gasteiger partial charge in [0, 0.05) is 79.1 Å². The number of esters is 1. The van der Waals surface area contributed by atoms with Crippen molar-refractivity contribution >= 4 is 98.5 Å². The van der Waals surface area contributed by atoms with Gasteiger partial charge in [0.25, 0.3) is 0 Å². The fraction of sp³-hybridized carbons (Fsp3) is 0.348. The van der Waals surface area contributed by atoms with Crippen molar-refractivity contribution in [1.82, 2.24) is 42.1 Å². The predicted molar refractivity (Wildman–Crippen MR) is 360 cm³/mol. The number of aromatic hydroxyl groups is 3. The number of benzene rings is 5. The predicted octanol–water partition coefficient (Wildman–Crippen LogP) is -3.67. The molecule has 1 spiro atoms. The Bertz CT molecular complexity index is 3860. The maximum absolute atomic E-state index is 14.6. The van der Waals surface area contributed by atoms with E-state index < -0.39 is 145 Å². The number of phenols is 3. The largest absolute Gasteiger partial charge is 1.00 e. The number of nitrogens with zero attached hydrogens (tertiary/aromatic N) is 2. The van der Waals surface area contributed by atoms with Crippen LogP contribution >= 0.6 is 21.6 Å². The molecule has 524 valence electrons. The summed E-state index contributed by atoms with van der Waals surface area (Å²) in [6.45, 7) is -0.402. The van der Waals surface area contributed by atoms with Crippen LogP contribution in [0.4, 0.5) is 0 Å². The third-order valence-electron chi connectivity index (χ3n) is 16.2. The molecule has 4 aliphatic rings. The van der Waals surface area contributed by atoms with Gasteiger partial charge in [-0.3, -0.25) is 57.7 Å². The summed E-state index contributed by atoms with van der Waals surface area (Å²) in [6, 6.07) is 21.1. The summed E-state index contributed by atoms with van der Waals surface area (Å²) >= 11 is 0. The first kappa shape index (κ1) is 77.3. The van der Waals surface area contributed by atoms with E-state index in [4.69, 9.17) is 38.1 Å². The second kappa shape index (κ2) is 36.1. The molecule has 31 nitrogen and oxygen atoms in total. The summed E-state index contributed by atoms with van der Waals surface area (Å²) in [6.07, 6.45) is -1.34. The molecule has 34 heteroatoms. The topological polar surface area (TPSA) is 514 Å². The van der Waals surface area contributed by atoms with Crippen LogP contribution in [0.1, 0.15) is 89.5 Å². The first-order chi connectivity index (χ1) is 47.3. The SMILES string of the molecule is NC(=O)CC[C@@H]1NC(=O)[C@H](Cc2ccccc2)NC(=O)[C@H](Cc2ccc(O)cc2)NC(=O)CCSSC[C@@H](C(=O)N2CCC[C@H]2C(=O)N[C@@H](CCCN=C(N)N)C(=O)NCC(N)=O)NC(=O)[C@H](CC(N)=O)NC1=O.O=C1OC2(c3ccc(O)cc3Oc3cc(O)ccc32)c2ccccc21.[Na+]. The number of fused-ring (bicyclic) bond motifs is 6. The molecular weight excluding hydrogens is 1350 g/mol. The van der Waals surface area contributed by atoms with E-state index in [1.54, 1.807) is 66.7 Å². The number of rotatable bonds is 19. The molecule has 0 radical (unpaired) electrons. The van der Waals surface area contributed by atoms with Crippen LogP contribution in [0.2, 0.25) is 0 Å². The Balaban J connectivity index is 0.000000444. The number of likely N-dealkylation sites (tertiary alicyclic amines) is 1. The maximum atomic E-state index is 14.6. The van der Waals surface area contributed by atoms with E-state index in [1.165, 1.54) is 41.3 Å². The first-order valence-corrected chi connectivity index (χ1v) is 33.8. The minimum absolute atomic E-state index is 0. The van der Waals surface area contributed by atoms with Gasteiger partial charge in [-0.1, -0.05) is 82.3 Å². The Hall–Kier alpha value is -10.1. The zero-order valence-electron chi connectivity index (χ0n) is 54.3. The Morgan fingerprint density at radius 2 is 1.23 bits per heavy atom. The molecule has 7 atom stereocenters. The normalized spacial score (nSPS) is 20.0. The van der Waals surface area contributed by atoms with Crippen LogP contribution in [0.5, 0.6) is 28.7 Å². The Morgan fingerprint density at radius 3 is 1.86 bits per heavy atom. The van der Waals surface area contributed by atoms with Crippen LogP contribution < -0.4 is 100 Å². The number of ether oxygens (including phenoxy) is 2. The molecule has 2 fully saturated rings. The van der Waals surface area contributed by atoms with Gasteiger partial charge < -0.3 is 95.6 Å². The van der Waals surface area contributed by atoms with Crippen molar-refractivity contribution < 1.29 is 112 Å². The summed E-state index contributed by atoms with van der Waals surface area (Å²) < 4.78 is 11.8. The number of hydrogen-bond acceptors (Lipinski definition) is 20. The molecule has 0 unspecified atom stereocenters. The smallest absolute Gasteiger partial charge is 0.508 e. The van der Waals surface area contributed by atoms with Gasteiger partial charge in [0.05, 0.1) is 18.5 Å². The van der Waals surface area contributed by atoms with E-state index >= 15 is 0 Å². The van der Waals surface area contributed by atoms with Crippen LogP contribution in [0.3, 0.4) is 0 Å². The third-order valence-corrected chi connectivity index (χ3v) is 18.6. The number of phenolic OH excluding ortho intramolecular Hbond substituents is 3. The minimum atomic E-state index is -1.77. The Morgan fingerprint density at radius 1 is 0.650 bits per heavy atom. The number of carbonyl (C=O) groups excluding carboxylic acids is 12. The fourth-order valence-electron chi connectivity index (χ4n) is 11.4. The molecule has 9 rings (SSSR count). The van der Waals surface area contributed by atoms with E-state index in [2.05, 4.69) is 42.2 Å². The third kappa shape index (κ3) is 20.7. The van der Waals surface area contributed by atoms with Gasteiger partial charge >= 0.3 is 35.5 Å². The molecule has 0 aromatic heterocycles. The number of nitrogens with one attached hydrogen (secondary N) is 7. The van der Waals surface area contributed by atoms with Crippen molar-refractivity contribution in [3.63, 3.8) is 0 Å². The molecule has 0 bridgehead atoms. The van der Waals surface area contributed by atoms with Crippen LogP contribution in [-0.2, 0) is 75.9 Å². The van der Waals surface area contributed by atoms with E-state index in [0.717, 1.165) is 21.6 Å². The number of aliphatic imine (C=N–C) groups is 1. The molecule has 11 amide bonds. The average molecular weight is 1420 g/mol. The summed E-state index contributed by atoms with van der Waals surface area (Å²) in [7, 11) is 2.19. The maximum Gasteiger partial charge on any atom is 1.00 e. The first-order valence-electron chi connectivity index (χ1n) is 31.3. The molecule has 4 aliphatic heterocycles. The molecular formula is C66H76N14NaO17S2+. The molecule has 5 aromatic rings. The molecule has 0 aliphatic carbocycles. The van der Waals surface area contributed by atoms with Crippen molar-refractivity contribution in [1.29, 1.82) is 0 Å². The number of nitrogens with two attached hydrogens (primary N) is 5. The molecule has 100 heavy (non-hydrogen) atoms. The average Bonchev–Trinajstić information content (AvgIpc) is 1.48. The van der Waals surface area contributed by atoms with Gasteiger partial charge in [0.1, 0.15) is 71.0 Å². The summed E-state index contributed by atoms with van der Waals surface area (Å²) in [5.41, 5.74) is 29.4. The molecule has 5 aromatic carbocycles. The van der Waals surface area contributed by atoms with Gasteiger partial charge in [-0.15, -0.1) is 0 Å². The van der Waals surface area contributed by atoms with Gasteiger partial charge in [-0.2, -0.15) is 0 Å². The minimum Gasteiger partial charge on any atom is -0.508 e. The zero-order valence-corrected chi connectivity index (χ0v) is 57.9. The van der Waals surface area contributed by atoms with Gasteiger partial charge in [-0.25, -0.2) is 4.79 Å². The van der Waals surface area contributed by atoms with Crippen molar-refractivity contribution in [2.45, 2.75) is 112 Å². The number of carbonyl (C=O) groups is 12. The quantitative estimate of drug-likeness (QED) is 0.00946. The Kier molecular flexibility index (Phi) is 27.9. The van der Waals surface area contributed by atoms with E-state index in [-0.39, 0.29) is 116 Å². The fourth-order valence-corrected chi connectivity index (χ4v) is 13.6. The summed E-state index contributed by atoms with van der Waals surface area (Å²) in [5.74, 6) is -9.35. The molecule has 4 heterocycles. The Labute approximate surface area is 603 Å². The number of amides is 11. The number of hydrogen-bond donors (Lipinski definition) is 15. The second-order valence-electron chi connectivity index (χ2n) is 23.4. The molecule has 0 saturated carbocycles. The van der Waals surface area contributed by atoms with Gasteiger partial charge in [0.15, 0.2) is 11.6 Å². The van der Waals surface area contributed by atoms with Crippen LogP contribution in [0.25, 0.3) is 0 Å². The van der Waals surface area contributed by atoms with Crippen LogP contribution in [0, 0.1) is 0 Å². The van der Waals surface area contributed by atoms with Crippen molar-refractivity contribution in [2.75, 3.05) is 31.1 Å². The van der Waals surface area contributed by atoms with Crippen LogP contribution in [0.15, 0.2) is 120 Å². The van der Waals surface area contributed by atoms with Crippen molar-refractivity contribution in [3.8, 4) is 28.7 Å². The van der Waals surface area contributed by atoms with E-state index in [9.17, 15) is 72.9 Å².